The molecule has 0 saturated heterocycles. The van der Waals surface area contributed by atoms with Gasteiger partial charge in [-0.15, -0.1) is 0 Å². The first-order valence-corrected chi connectivity index (χ1v) is 9.15. The summed E-state index contributed by atoms with van der Waals surface area (Å²) in [4.78, 5) is 43.1. The van der Waals surface area contributed by atoms with Gasteiger partial charge in [-0.1, -0.05) is 42.5 Å². The molecule has 0 spiro atoms. The number of benzene rings is 2. The lowest BCUT2D eigenvalue weighted by Crippen LogP contribution is -2.32. The molecule has 4 rings (SSSR count). The van der Waals surface area contributed by atoms with Crippen molar-refractivity contribution in [2.75, 3.05) is 6.54 Å². The standard InChI is InChI=1S/C22H19N3O3/c1-15-23-19(16-8-3-2-4-9-16)14-20(26)24(15)12-7-13-25-21(27)17-10-5-6-11-18(17)22(25)28/h2-6,8-11,14H,7,12-13H2,1H3. The molecule has 2 amide bonds. The molecule has 0 bridgehead atoms. The number of aromatic nitrogens is 2. The highest BCUT2D eigenvalue weighted by Gasteiger charge is 2.34. The predicted molar refractivity (Wildman–Crippen MR) is 105 cm³/mol. The van der Waals surface area contributed by atoms with Crippen LogP contribution in [0.15, 0.2) is 65.5 Å². The van der Waals surface area contributed by atoms with E-state index >= 15 is 0 Å². The highest BCUT2D eigenvalue weighted by Crippen LogP contribution is 2.22. The van der Waals surface area contributed by atoms with Crippen LogP contribution >= 0.6 is 0 Å². The Kier molecular flexibility index (Phi) is 4.61. The maximum absolute atomic E-state index is 12.5. The lowest BCUT2D eigenvalue weighted by atomic mass is 10.1. The molecule has 1 aliphatic rings. The molecular formula is C22H19N3O3. The Morgan fingerprint density at radius 2 is 1.43 bits per heavy atom. The number of aryl methyl sites for hydroxylation is 1. The molecule has 6 heteroatoms. The van der Waals surface area contributed by atoms with Gasteiger partial charge in [0.05, 0.1) is 16.8 Å². The average molecular weight is 373 g/mol. The van der Waals surface area contributed by atoms with Crippen LogP contribution in [0.5, 0.6) is 0 Å². The summed E-state index contributed by atoms with van der Waals surface area (Å²) in [5, 5.41) is 0. The highest BCUT2D eigenvalue weighted by molar-refractivity contribution is 6.21. The average Bonchev–Trinajstić information content (AvgIpc) is 2.95. The minimum Gasteiger partial charge on any atom is -0.297 e. The van der Waals surface area contributed by atoms with E-state index in [0.717, 1.165) is 5.56 Å². The fourth-order valence-electron chi connectivity index (χ4n) is 3.48. The lowest BCUT2D eigenvalue weighted by molar-refractivity contribution is 0.0650. The monoisotopic (exact) mass is 373 g/mol. The summed E-state index contributed by atoms with van der Waals surface area (Å²) in [6.45, 7) is 2.44. The van der Waals surface area contributed by atoms with Gasteiger partial charge >= 0.3 is 0 Å². The van der Waals surface area contributed by atoms with Crippen molar-refractivity contribution in [1.82, 2.24) is 14.5 Å². The summed E-state index contributed by atoms with van der Waals surface area (Å²) >= 11 is 0. The molecule has 140 valence electrons. The number of rotatable bonds is 5. The van der Waals surface area contributed by atoms with Gasteiger partial charge in [-0.05, 0) is 25.5 Å². The van der Waals surface area contributed by atoms with E-state index in [9.17, 15) is 14.4 Å². The van der Waals surface area contributed by atoms with E-state index in [1.54, 1.807) is 35.8 Å². The first kappa shape index (κ1) is 17.9. The molecule has 6 nitrogen and oxygen atoms in total. The topological polar surface area (TPSA) is 72.3 Å². The Morgan fingerprint density at radius 1 is 0.821 bits per heavy atom. The number of carbonyl (C=O) groups is 2. The Morgan fingerprint density at radius 3 is 2.04 bits per heavy atom. The minimum absolute atomic E-state index is 0.145. The smallest absolute Gasteiger partial charge is 0.261 e. The van der Waals surface area contributed by atoms with Crippen LogP contribution in [0.3, 0.4) is 0 Å². The molecule has 2 aromatic carbocycles. The van der Waals surface area contributed by atoms with E-state index in [4.69, 9.17) is 0 Å². The summed E-state index contributed by atoms with van der Waals surface area (Å²) in [6, 6.07) is 17.9. The second kappa shape index (κ2) is 7.23. The van der Waals surface area contributed by atoms with Crippen molar-refractivity contribution in [2.45, 2.75) is 19.9 Å². The molecule has 0 aliphatic carbocycles. The van der Waals surface area contributed by atoms with Crippen LogP contribution < -0.4 is 5.56 Å². The van der Waals surface area contributed by atoms with Crippen LogP contribution in [0.4, 0.5) is 0 Å². The number of hydrogen-bond donors (Lipinski definition) is 0. The Balaban J connectivity index is 1.47. The molecule has 0 fully saturated rings. The van der Waals surface area contributed by atoms with E-state index in [0.29, 0.717) is 35.6 Å². The molecule has 0 unspecified atom stereocenters. The molecule has 1 aromatic heterocycles. The van der Waals surface area contributed by atoms with Crippen molar-refractivity contribution in [1.29, 1.82) is 0 Å². The maximum Gasteiger partial charge on any atom is 0.261 e. The van der Waals surface area contributed by atoms with Gasteiger partial charge in [0.2, 0.25) is 0 Å². The molecule has 28 heavy (non-hydrogen) atoms. The summed E-state index contributed by atoms with van der Waals surface area (Å²) < 4.78 is 1.57. The van der Waals surface area contributed by atoms with Crippen LogP contribution in [0, 0.1) is 6.92 Å². The fraction of sp³-hybridized carbons (Fsp3) is 0.182. The number of nitrogens with zero attached hydrogens (tertiary/aromatic N) is 3. The van der Waals surface area contributed by atoms with E-state index < -0.39 is 0 Å². The van der Waals surface area contributed by atoms with Crippen molar-refractivity contribution >= 4 is 11.8 Å². The largest absolute Gasteiger partial charge is 0.297 e. The van der Waals surface area contributed by atoms with Gasteiger partial charge in [0, 0.05) is 24.7 Å². The zero-order valence-electron chi connectivity index (χ0n) is 15.5. The molecule has 3 aromatic rings. The van der Waals surface area contributed by atoms with E-state index in [2.05, 4.69) is 4.98 Å². The Hall–Kier alpha value is -3.54. The Bertz CT molecular complexity index is 1080. The van der Waals surface area contributed by atoms with Gasteiger partial charge in [-0.3, -0.25) is 23.9 Å². The third kappa shape index (κ3) is 3.13. The van der Waals surface area contributed by atoms with Crippen molar-refractivity contribution in [3.05, 3.63) is 88.0 Å². The number of hydrogen-bond acceptors (Lipinski definition) is 4. The predicted octanol–water partition coefficient (Wildman–Crippen LogP) is 2.91. The van der Waals surface area contributed by atoms with Crippen LogP contribution in [-0.4, -0.2) is 32.8 Å². The first-order valence-electron chi connectivity index (χ1n) is 9.15. The quantitative estimate of drug-likeness (QED) is 0.645. The molecule has 1 aliphatic heterocycles. The highest BCUT2D eigenvalue weighted by atomic mass is 16.2. The van der Waals surface area contributed by atoms with Crippen molar-refractivity contribution in [2.24, 2.45) is 0 Å². The van der Waals surface area contributed by atoms with Crippen LogP contribution in [0.1, 0.15) is 33.0 Å². The van der Waals surface area contributed by atoms with Crippen molar-refractivity contribution < 1.29 is 9.59 Å². The Labute approximate surface area is 162 Å². The summed E-state index contributed by atoms with van der Waals surface area (Å²) in [7, 11) is 0. The van der Waals surface area contributed by atoms with E-state index in [-0.39, 0.29) is 23.9 Å². The van der Waals surface area contributed by atoms with Crippen LogP contribution in [-0.2, 0) is 6.54 Å². The second-order valence-electron chi connectivity index (χ2n) is 6.71. The first-order chi connectivity index (χ1) is 13.6. The van der Waals surface area contributed by atoms with Gasteiger partial charge in [-0.2, -0.15) is 0 Å². The molecule has 2 heterocycles. The number of fused-ring (bicyclic) bond motifs is 1. The van der Waals surface area contributed by atoms with Crippen molar-refractivity contribution in [3.8, 4) is 11.3 Å². The maximum atomic E-state index is 12.5. The number of carbonyl (C=O) groups excluding carboxylic acids is 2. The number of imide groups is 1. The lowest BCUT2D eigenvalue weighted by Gasteiger charge is -2.15. The zero-order valence-corrected chi connectivity index (χ0v) is 15.5. The normalized spacial score (nSPS) is 13.1. The minimum atomic E-state index is -0.276. The van der Waals surface area contributed by atoms with Crippen molar-refractivity contribution in [3.63, 3.8) is 0 Å². The van der Waals surface area contributed by atoms with Gasteiger partial charge in [-0.25, -0.2) is 4.98 Å². The second-order valence-corrected chi connectivity index (χ2v) is 6.71. The van der Waals surface area contributed by atoms with Crippen LogP contribution in [0.2, 0.25) is 0 Å². The fourth-order valence-corrected chi connectivity index (χ4v) is 3.48. The van der Waals surface area contributed by atoms with E-state index in [1.165, 1.54) is 11.0 Å². The summed E-state index contributed by atoms with van der Waals surface area (Å²) in [5.41, 5.74) is 2.26. The molecule has 0 radical (unpaired) electrons. The van der Waals surface area contributed by atoms with Gasteiger partial charge in [0.1, 0.15) is 5.82 Å². The van der Waals surface area contributed by atoms with Gasteiger partial charge in [0.25, 0.3) is 17.4 Å². The van der Waals surface area contributed by atoms with Crippen LogP contribution in [0.25, 0.3) is 11.3 Å². The summed E-state index contributed by atoms with van der Waals surface area (Å²) in [5.74, 6) is 0.0538. The zero-order chi connectivity index (χ0) is 19.7. The third-order valence-corrected chi connectivity index (χ3v) is 4.91. The van der Waals surface area contributed by atoms with E-state index in [1.807, 2.05) is 30.3 Å². The van der Waals surface area contributed by atoms with Gasteiger partial charge in [0.15, 0.2) is 0 Å². The third-order valence-electron chi connectivity index (χ3n) is 4.91. The molecule has 0 N–H and O–H groups in total. The SMILES string of the molecule is Cc1nc(-c2ccccc2)cc(=O)n1CCCN1C(=O)c2ccccc2C1=O. The molecular weight excluding hydrogens is 354 g/mol. The molecule has 0 saturated carbocycles. The number of amides is 2. The van der Waals surface area contributed by atoms with Gasteiger partial charge < -0.3 is 0 Å². The molecule has 0 atom stereocenters. The summed E-state index contributed by atoms with van der Waals surface area (Å²) in [6.07, 6.45) is 0.485.